The Labute approximate surface area is 224 Å². The van der Waals surface area contributed by atoms with Crippen molar-refractivity contribution in [2.24, 2.45) is 0 Å². The van der Waals surface area contributed by atoms with Crippen molar-refractivity contribution in [3.8, 4) is 23.0 Å². The van der Waals surface area contributed by atoms with E-state index in [-0.39, 0.29) is 0 Å². The summed E-state index contributed by atoms with van der Waals surface area (Å²) in [4.78, 5) is 0. The molecule has 5 aromatic carbocycles. The first kappa shape index (κ1) is 25.3. The molecule has 0 aliphatic heterocycles. The second kappa shape index (κ2) is 13.2. The van der Waals surface area contributed by atoms with Crippen molar-refractivity contribution in [2.45, 2.75) is 26.2 Å². The van der Waals surface area contributed by atoms with Gasteiger partial charge in [-0.05, 0) is 70.8 Å². The van der Waals surface area contributed by atoms with Crippen LogP contribution >= 0.6 is 0 Å². The molecule has 0 fully saturated rings. The minimum atomic E-state index is 0.771. The van der Waals surface area contributed by atoms with Gasteiger partial charge in [-0.2, -0.15) is 0 Å². The summed E-state index contributed by atoms with van der Waals surface area (Å²) < 4.78 is 12.0. The minimum absolute atomic E-state index is 0.771. The number of hydrogen-bond acceptors (Lipinski definition) is 4. The standard InChI is InChI=1S/C34H32N2O2/c1-3-7-27(8-4-1)23-35-25-29-11-15-31(16-12-29)37-33-19-21-34(22-20-33)38-32-17-13-30(14-18-32)26-36-24-28-9-5-2-6-10-28/h1-22,35-36H,23-26H2. The van der Waals surface area contributed by atoms with E-state index < -0.39 is 0 Å². The largest absolute Gasteiger partial charge is 0.457 e. The smallest absolute Gasteiger partial charge is 0.127 e. The molecule has 0 aliphatic rings. The molecule has 5 aromatic rings. The van der Waals surface area contributed by atoms with Gasteiger partial charge in [-0.1, -0.05) is 84.9 Å². The fraction of sp³-hybridized carbons (Fsp3) is 0.118. The molecule has 2 N–H and O–H groups in total. The first-order chi connectivity index (χ1) is 18.8. The van der Waals surface area contributed by atoms with Crippen LogP contribution in [0.1, 0.15) is 22.3 Å². The number of nitrogens with one attached hydrogen (secondary N) is 2. The molecule has 0 amide bonds. The van der Waals surface area contributed by atoms with Crippen molar-refractivity contribution >= 4 is 0 Å². The van der Waals surface area contributed by atoms with Gasteiger partial charge in [0.25, 0.3) is 0 Å². The molecular formula is C34H32N2O2. The SMILES string of the molecule is c1ccc(CNCc2ccc(Oc3ccc(Oc4ccc(CNCc5ccccc5)cc4)cc3)cc2)cc1. The molecule has 0 atom stereocenters. The summed E-state index contributed by atoms with van der Waals surface area (Å²) in [5.74, 6) is 3.16. The Kier molecular flexibility index (Phi) is 8.81. The summed E-state index contributed by atoms with van der Waals surface area (Å²) in [6.45, 7) is 3.33. The molecule has 4 heteroatoms. The maximum absolute atomic E-state index is 6.01. The van der Waals surface area contributed by atoms with Gasteiger partial charge in [-0.3, -0.25) is 0 Å². The van der Waals surface area contributed by atoms with Gasteiger partial charge in [0, 0.05) is 26.2 Å². The van der Waals surface area contributed by atoms with Crippen LogP contribution in [0.3, 0.4) is 0 Å². The number of ether oxygens (including phenoxy) is 2. The molecule has 5 rings (SSSR count). The van der Waals surface area contributed by atoms with E-state index in [1.807, 2.05) is 60.7 Å². The van der Waals surface area contributed by atoms with E-state index in [9.17, 15) is 0 Å². The van der Waals surface area contributed by atoms with Gasteiger partial charge < -0.3 is 20.1 Å². The van der Waals surface area contributed by atoms with Gasteiger partial charge >= 0.3 is 0 Å². The van der Waals surface area contributed by atoms with Gasteiger partial charge in [0.1, 0.15) is 23.0 Å². The minimum Gasteiger partial charge on any atom is -0.457 e. The fourth-order valence-corrected chi connectivity index (χ4v) is 4.09. The molecule has 0 heterocycles. The van der Waals surface area contributed by atoms with Crippen LogP contribution in [0.4, 0.5) is 0 Å². The summed E-state index contributed by atoms with van der Waals surface area (Å²) in [6, 6.07) is 44.9. The zero-order valence-electron chi connectivity index (χ0n) is 21.3. The van der Waals surface area contributed by atoms with Crippen LogP contribution in [0.5, 0.6) is 23.0 Å². The quantitative estimate of drug-likeness (QED) is 0.183. The lowest BCUT2D eigenvalue weighted by molar-refractivity contribution is 0.469. The van der Waals surface area contributed by atoms with E-state index >= 15 is 0 Å². The predicted octanol–water partition coefficient (Wildman–Crippen LogP) is 7.85. The lowest BCUT2D eigenvalue weighted by Gasteiger charge is -2.10. The Balaban J connectivity index is 1.06. The lowest BCUT2D eigenvalue weighted by Crippen LogP contribution is -2.12. The van der Waals surface area contributed by atoms with Gasteiger partial charge in [-0.15, -0.1) is 0 Å². The number of benzene rings is 5. The molecule has 0 spiro atoms. The summed E-state index contributed by atoms with van der Waals surface area (Å²) in [5.41, 5.74) is 5.00. The van der Waals surface area contributed by atoms with E-state index in [0.29, 0.717) is 0 Å². The average molecular weight is 501 g/mol. The van der Waals surface area contributed by atoms with Crippen LogP contribution in [-0.4, -0.2) is 0 Å². The number of rotatable bonds is 12. The summed E-state index contributed by atoms with van der Waals surface area (Å²) >= 11 is 0. The molecule has 4 nitrogen and oxygen atoms in total. The van der Waals surface area contributed by atoms with Crippen LogP contribution in [-0.2, 0) is 26.2 Å². The van der Waals surface area contributed by atoms with Gasteiger partial charge in [-0.25, -0.2) is 0 Å². The maximum Gasteiger partial charge on any atom is 0.127 e. The fourth-order valence-electron chi connectivity index (χ4n) is 4.09. The molecule has 0 radical (unpaired) electrons. The monoisotopic (exact) mass is 500 g/mol. The Morgan fingerprint density at radius 1 is 0.316 bits per heavy atom. The van der Waals surface area contributed by atoms with Crippen molar-refractivity contribution < 1.29 is 9.47 Å². The van der Waals surface area contributed by atoms with E-state index in [4.69, 9.17) is 9.47 Å². The molecule has 0 unspecified atom stereocenters. The summed E-state index contributed by atoms with van der Waals surface area (Å²) in [7, 11) is 0. The Bertz CT molecular complexity index is 1260. The zero-order chi connectivity index (χ0) is 25.8. The van der Waals surface area contributed by atoms with Crippen molar-refractivity contribution in [3.63, 3.8) is 0 Å². The highest BCUT2D eigenvalue weighted by Gasteiger charge is 2.02. The Morgan fingerprint density at radius 2 is 0.579 bits per heavy atom. The second-order valence-corrected chi connectivity index (χ2v) is 9.14. The highest BCUT2D eigenvalue weighted by Crippen LogP contribution is 2.27. The highest BCUT2D eigenvalue weighted by atomic mass is 16.5. The molecule has 0 saturated carbocycles. The third-order valence-corrected chi connectivity index (χ3v) is 6.14. The van der Waals surface area contributed by atoms with Gasteiger partial charge in [0.2, 0.25) is 0 Å². The molecule has 0 saturated heterocycles. The van der Waals surface area contributed by atoms with E-state index in [0.717, 1.165) is 49.2 Å². The highest BCUT2D eigenvalue weighted by molar-refractivity contribution is 5.39. The van der Waals surface area contributed by atoms with Crippen LogP contribution in [0.2, 0.25) is 0 Å². The van der Waals surface area contributed by atoms with Gasteiger partial charge in [0.15, 0.2) is 0 Å². The van der Waals surface area contributed by atoms with Crippen molar-refractivity contribution in [1.82, 2.24) is 10.6 Å². The molecular weight excluding hydrogens is 468 g/mol. The molecule has 0 bridgehead atoms. The zero-order valence-corrected chi connectivity index (χ0v) is 21.3. The maximum atomic E-state index is 6.01. The van der Waals surface area contributed by atoms with Crippen molar-refractivity contribution in [1.29, 1.82) is 0 Å². The third-order valence-electron chi connectivity index (χ3n) is 6.14. The number of hydrogen-bond donors (Lipinski definition) is 2. The van der Waals surface area contributed by atoms with E-state index in [1.165, 1.54) is 22.3 Å². The Morgan fingerprint density at radius 3 is 0.895 bits per heavy atom. The normalized spacial score (nSPS) is 10.7. The predicted molar refractivity (Wildman–Crippen MR) is 153 cm³/mol. The summed E-state index contributed by atoms with van der Waals surface area (Å²) in [6.07, 6.45) is 0. The van der Waals surface area contributed by atoms with Crippen LogP contribution < -0.4 is 20.1 Å². The third kappa shape index (κ3) is 7.81. The van der Waals surface area contributed by atoms with Gasteiger partial charge in [0.05, 0.1) is 0 Å². The molecule has 0 aliphatic carbocycles. The first-order valence-corrected chi connectivity index (χ1v) is 12.9. The van der Waals surface area contributed by atoms with Crippen LogP contribution in [0.15, 0.2) is 133 Å². The van der Waals surface area contributed by atoms with Crippen molar-refractivity contribution in [3.05, 3.63) is 156 Å². The molecule has 190 valence electrons. The van der Waals surface area contributed by atoms with E-state index in [2.05, 4.69) is 83.4 Å². The Hall–Kier alpha value is -4.38. The summed E-state index contributed by atoms with van der Waals surface area (Å²) in [5, 5.41) is 6.95. The van der Waals surface area contributed by atoms with Crippen molar-refractivity contribution in [2.75, 3.05) is 0 Å². The van der Waals surface area contributed by atoms with Crippen LogP contribution in [0.25, 0.3) is 0 Å². The first-order valence-electron chi connectivity index (χ1n) is 12.9. The second-order valence-electron chi connectivity index (χ2n) is 9.14. The van der Waals surface area contributed by atoms with E-state index in [1.54, 1.807) is 0 Å². The topological polar surface area (TPSA) is 42.5 Å². The molecule has 0 aromatic heterocycles. The van der Waals surface area contributed by atoms with Crippen LogP contribution in [0, 0.1) is 0 Å². The lowest BCUT2D eigenvalue weighted by atomic mass is 10.2. The molecule has 38 heavy (non-hydrogen) atoms. The average Bonchev–Trinajstić information content (AvgIpc) is 2.97.